The summed E-state index contributed by atoms with van der Waals surface area (Å²) in [7, 11) is 0. The van der Waals surface area contributed by atoms with Gasteiger partial charge < -0.3 is 4.90 Å². The summed E-state index contributed by atoms with van der Waals surface area (Å²) in [5, 5.41) is 8.56. The largest absolute Gasteiger partial charge is 0.342 e. The fourth-order valence-corrected chi connectivity index (χ4v) is 2.96. The Hall–Kier alpha value is -3.40. The standard InChI is InChI=1S/C23H24N4/c1-4-10-20(11-5-2)26(6-3)21-14-16-22(17-15-21)27-18-23(24-25-27)19-12-8-7-9-13-19/h4-5,7-18H,1,6H2,2-3H3. The second kappa shape index (κ2) is 8.81. The van der Waals surface area contributed by atoms with Crippen LogP contribution in [0.15, 0.2) is 97.4 Å². The summed E-state index contributed by atoms with van der Waals surface area (Å²) in [4.78, 5) is 2.24. The van der Waals surface area contributed by atoms with Gasteiger partial charge in [-0.15, -0.1) is 5.10 Å². The molecular formula is C23H24N4. The molecule has 4 nitrogen and oxygen atoms in total. The van der Waals surface area contributed by atoms with Crippen LogP contribution in [0.1, 0.15) is 13.8 Å². The first-order valence-corrected chi connectivity index (χ1v) is 9.08. The highest BCUT2D eigenvalue weighted by Crippen LogP contribution is 2.23. The maximum atomic E-state index is 4.29. The van der Waals surface area contributed by atoms with E-state index in [2.05, 4.69) is 59.1 Å². The van der Waals surface area contributed by atoms with Crippen molar-refractivity contribution in [1.82, 2.24) is 15.0 Å². The summed E-state index contributed by atoms with van der Waals surface area (Å²) < 4.78 is 1.80. The Labute approximate surface area is 160 Å². The third-order valence-electron chi connectivity index (χ3n) is 4.24. The molecule has 1 heterocycles. The van der Waals surface area contributed by atoms with E-state index in [1.165, 1.54) is 0 Å². The van der Waals surface area contributed by atoms with Crippen molar-refractivity contribution in [2.75, 3.05) is 11.4 Å². The highest BCUT2D eigenvalue weighted by molar-refractivity contribution is 5.59. The number of allylic oxidation sites excluding steroid dienone is 4. The van der Waals surface area contributed by atoms with Gasteiger partial charge in [0.25, 0.3) is 0 Å². The number of hydrogen-bond donors (Lipinski definition) is 0. The first-order valence-electron chi connectivity index (χ1n) is 9.08. The van der Waals surface area contributed by atoms with E-state index in [4.69, 9.17) is 0 Å². The van der Waals surface area contributed by atoms with Crippen molar-refractivity contribution >= 4 is 5.69 Å². The van der Waals surface area contributed by atoms with E-state index in [1.54, 1.807) is 4.68 Å². The smallest absolute Gasteiger partial charge is 0.113 e. The Balaban J connectivity index is 1.86. The van der Waals surface area contributed by atoms with Crippen LogP contribution >= 0.6 is 0 Å². The van der Waals surface area contributed by atoms with Crippen molar-refractivity contribution in [3.63, 3.8) is 0 Å². The average molecular weight is 356 g/mol. The van der Waals surface area contributed by atoms with Gasteiger partial charge in [0, 0.05) is 23.5 Å². The topological polar surface area (TPSA) is 34.0 Å². The van der Waals surface area contributed by atoms with Crippen LogP contribution in [0.2, 0.25) is 0 Å². The van der Waals surface area contributed by atoms with Gasteiger partial charge in [-0.1, -0.05) is 54.3 Å². The minimum atomic E-state index is 0.860. The van der Waals surface area contributed by atoms with Crippen molar-refractivity contribution in [2.45, 2.75) is 13.8 Å². The summed E-state index contributed by atoms with van der Waals surface area (Å²) in [5.74, 6) is 0. The third-order valence-corrected chi connectivity index (χ3v) is 4.24. The molecule has 0 N–H and O–H groups in total. The van der Waals surface area contributed by atoms with Gasteiger partial charge in [0.1, 0.15) is 5.69 Å². The SMILES string of the molecule is C=CC=C(C=CC)N(CC)c1ccc(-n2cc(-c3ccccc3)nn2)cc1. The van der Waals surface area contributed by atoms with E-state index < -0.39 is 0 Å². The van der Waals surface area contributed by atoms with Gasteiger partial charge in [0.15, 0.2) is 0 Å². The number of likely N-dealkylation sites (N-methyl/N-ethyl adjacent to an activating group) is 1. The van der Waals surface area contributed by atoms with E-state index in [0.717, 1.165) is 34.9 Å². The van der Waals surface area contributed by atoms with Crippen molar-refractivity contribution in [2.24, 2.45) is 0 Å². The predicted octanol–water partition coefficient (Wildman–Crippen LogP) is 5.41. The zero-order valence-corrected chi connectivity index (χ0v) is 15.8. The zero-order chi connectivity index (χ0) is 19.1. The van der Waals surface area contributed by atoms with E-state index in [-0.39, 0.29) is 0 Å². The molecule has 3 rings (SSSR count). The fraction of sp³-hybridized carbons (Fsp3) is 0.130. The van der Waals surface area contributed by atoms with Crippen LogP contribution < -0.4 is 4.90 Å². The van der Waals surface area contributed by atoms with Gasteiger partial charge in [-0.2, -0.15) is 0 Å². The molecule has 0 aliphatic carbocycles. The molecule has 0 aliphatic heterocycles. The second-order valence-corrected chi connectivity index (χ2v) is 6.00. The van der Waals surface area contributed by atoms with Crippen LogP contribution in [0, 0.1) is 0 Å². The summed E-state index contributed by atoms with van der Waals surface area (Å²) in [6.45, 7) is 8.84. The van der Waals surface area contributed by atoms with Gasteiger partial charge in [0.05, 0.1) is 11.9 Å². The number of nitrogens with zero attached hydrogens (tertiary/aromatic N) is 4. The maximum absolute atomic E-state index is 4.29. The van der Waals surface area contributed by atoms with E-state index in [1.807, 2.05) is 61.7 Å². The van der Waals surface area contributed by atoms with Crippen LogP contribution in [0.25, 0.3) is 16.9 Å². The summed E-state index contributed by atoms with van der Waals surface area (Å²) >= 11 is 0. The molecule has 0 fully saturated rings. The molecule has 0 saturated carbocycles. The first kappa shape index (κ1) is 18.4. The molecule has 0 amide bonds. The van der Waals surface area contributed by atoms with Crippen molar-refractivity contribution in [1.29, 1.82) is 0 Å². The van der Waals surface area contributed by atoms with Gasteiger partial charge in [-0.25, -0.2) is 4.68 Å². The molecule has 0 bridgehead atoms. The van der Waals surface area contributed by atoms with Crippen LogP contribution in [0.5, 0.6) is 0 Å². The molecular weight excluding hydrogens is 332 g/mol. The molecule has 0 aliphatic rings. The van der Waals surface area contributed by atoms with E-state index in [9.17, 15) is 0 Å². The molecule has 0 unspecified atom stereocenters. The lowest BCUT2D eigenvalue weighted by molar-refractivity contribution is 0.803. The van der Waals surface area contributed by atoms with Gasteiger partial charge in [0.2, 0.25) is 0 Å². The van der Waals surface area contributed by atoms with Crippen LogP contribution in [-0.2, 0) is 0 Å². The monoisotopic (exact) mass is 356 g/mol. The number of rotatable bonds is 7. The Morgan fingerprint density at radius 3 is 2.48 bits per heavy atom. The molecule has 0 saturated heterocycles. The molecule has 27 heavy (non-hydrogen) atoms. The molecule has 4 heteroatoms. The third kappa shape index (κ3) is 4.23. The number of aromatic nitrogens is 3. The van der Waals surface area contributed by atoms with Crippen LogP contribution in [0.3, 0.4) is 0 Å². The second-order valence-electron chi connectivity index (χ2n) is 6.00. The highest BCUT2D eigenvalue weighted by Gasteiger charge is 2.09. The molecule has 1 aromatic heterocycles. The summed E-state index contributed by atoms with van der Waals surface area (Å²) in [6.07, 6.45) is 9.90. The minimum absolute atomic E-state index is 0.860. The molecule has 0 atom stereocenters. The summed E-state index contributed by atoms with van der Waals surface area (Å²) in [6, 6.07) is 18.4. The molecule has 0 spiro atoms. The lowest BCUT2D eigenvalue weighted by Crippen LogP contribution is -2.20. The molecule has 2 aromatic carbocycles. The average Bonchev–Trinajstić information content (AvgIpc) is 3.20. The van der Waals surface area contributed by atoms with Crippen LogP contribution in [0.4, 0.5) is 5.69 Å². The predicted molar refractivity (Wildman–Crippen MR) is 113 cm³/mol. The van der Waals surface area contributed by atoms with E-state index >= 15 is 0 Å². The highest BCUT2D eigenvalue weighted by atomic mass is 15.4. The Morgan fingerprint density at radius 2 is 1.85 bits per heavy atom. The Kier molecular flexibility index (Phi) is 6.00. The van der Waals surface area contributed by atoms with Crippen molar-refractivity contribution < 1.29 is 0 Å². The lowest BCUT2D eigenvalue weighted by Gasteiger charge is -2.24. The van der Waals surface area contributed by atoms with Gasteiger partial charge in [-0.3, -0.25) is 0 Å². The van der Waals surface area contributed by atoms with Crippen molar-refractivity contribution in [3.05, 3.63) is 97.4 Å². The first-order chi connectivity index (χ1) is 13.3. The minimum Gasteiger partial charge on any atom is -0.342 e. The van der Waals surface area contributed by atoms with Gasteiger partial charge >= 0.3 is 0 Å². The Morgan fingerprint density at radius 1 is 1.11 bits per heavy atom. The van der Waals surface area contributed by atoms with Gasteiger partial charge in [-0.05, 0) is 50.3 Å². The number of anilines is 1. The quantitative estimate of drug-likeness (QED) is 0.531. The summed E-state index contributed by atoms with van der Waals surface area (Å²) in [5.41, 5.74) is 5.12. The number of benzene rings is 2. The molecule has 136 valence electrons. The van der Waals surface area contributed by atoms with Crippen LogP contribution in [-0.4, -0.2) is 21.5 Å². The Bertz CT molecular complexity index is 934. The lowest BCUT2D eigenvalue weighted by atomic mass is 10.2. The molecule has 0 radical (unpaired) electrons. The van der Waals surface area contributed by atoms with E-state index in [0.29, 0.717) is 0 Å². The number of hydrogen-bond acceptors (Lipinski definition) is 3. The maximum Gasteiger partial charge on any atom is 0.113 e. The molecule has 3 aromatic rings. The van der Waals surface area contributed by atoms with Crippen molar-refractivity contribution in [3.8, 4) is 16.9 Å². The normalized spacial score (nSPS) is 11.7. The fourth-order valence-electron chi connectivity index (χ4n) is 2.96. The zero-order valence-electron chi connectivity index (χ0n) is 15.8.